The molecule has 0 spiro atoms. The Morgan fingerprint density at radius 1 is 1.17 bits per heavy atom. The number of fused-ring (bicyclic) bond motifs is 3. The zero-order chi connectivity index (χ0) is 26.5. The summed E-state index contributed by atoms with van der Waals surface area (Å²) in [6, 6.07) is 13.7. The van der Waals surface area contributed by atoms with E-state index in [9.17, 15) is 18.0 Å². The fourth-order valence-electron chi connectivity index (χ4n) is 5.90. The summed E-state index contributed by atoms with van der Waals surface area (Å²) in [7, 11) is 0. The molecule has 6 nitrogen and oxygen atoms in total. The van der Waals surface area contributed by atoms with Crippen LogP contribution in [0.4, 0.5) is 13.2 Å². The Kier molecular flexibility index (Phi) is 6.58. The van der Waals surface area contributed by atoms with Gasteiger partial charge in [0.05, 0.1) is 11.2 Å². The fraction of sp³-hybridized carbons (Fsp3) is 0.423. The van der Waals surface area contributed by atoms with Crippen LogP contribution >= 0.6 is 11.6 Å². The number of halogens is 4. The summed E-state index contributed by atoms with van der Waals surface area (Å²) < 4.78 is 33.6. The third-order valence-electron chi connectivity index (χ3n) is 7.64. The number of carboxylic acids is 1. The highest BCUT2D eigenvalue weighted by Crippen LogP contribution is 2.62. The van der Waals surface area contributed by atoms with Gasteiger partial charge in [-0.05, 0) is 60.3 Å². The second-order valence-corrected chi connectivity index (χ2v) is 10.8. The zero-order valence-corrected chi connectivity index (χ0v) is 20.8. The van der Waals surface area contributed by atoms with E-state index in [1.807, 2.05) is 53.1 Å². The molecule has 3 aromatic rings. The van der Waals surface area contributed by atoms with Crippen molar-refractivity contribution in [3.8, 4) is 11.3 Å². The van der Waals surface area contributed by atoms with E-state index < -0.39 is 12.1 Å². The Labute approximate surface area is 211 Å². The van der Waals surface area contributed by atoms with Crippen LogP contribution in [0.1, 0.15) is 50.7 Å². The van der Waals surface area contributed by atoms with E-state index in [1.54, 1.807) is 0 Å². The molecule has 1 amide bonds. The molecule has 3 atom stereocenters. The van der Waals surface area contributed by atoms with Gasteiger partial charge in [0.2, 0.25) is 5.82 Å². The molecule has 1 aromatic carbocycles. The van der Waals surface area contributed by atoms with E-state index >= 15 is 0 Å². The van der Waals surface area contributed by atoms with Gasteiger partial charge in [0.25, 0.3) is 5.91 Å². The molecular weight excluding hydrogens is 495 g/mol. The molecule has 2 aromatic heterocycles. The number of hydrogen-bond donors (Lipinski definition) is 2. The lowest BCUT2D eigenvalue weighted by Crippen LogP contribution is -2.52. The highest BCUT2D eigenvalue weighted by Gasteiger charge is 2.59. The number of imidazole rings is 1. The van der Waals surface area contributed by atoms with Crippen LogP contribution in [0, 0.1) is 16.7 Å². The van der Waals surface area contributed by atoms with Crippen LogP contribution in [0.5, 0.6) is 0 Å². The molecule has 2 bridgehead atoms. The lowest BCUT2D eigenvalue weighted by Gasteiger charge is -2.42. The number of nitrogens with zero attached hydrogens (tertiary/aromatic N) is 2. The van der Waals surface area contributed by atoms with Gasteiger partial charge in [-0.15, -0.1) is 0 Å². The predicted molar refractivity (Wildman–Crippen MR) is 130 cm³/mol. The van der Waals surface area contributed by atoms with Crippen LogP contribution in [-0.4, -0.2) is 38.6 Å². The molecule has 5 rings (SSSR count). The van der Waals surface area contributed by atoms with Crippen LogP contribution in [0.25, 0.3) is 16.8 Å². The van der Waals surface area contributed by atoms with E-state index in [-0.39, 0.29) is 22.8 Å². The monoisotopic (exact) mass is 521 g/mol. The normalized spacial score (nSPS) is 24.3. The van der Waals surface area contributed by atoms with Gasteiger partial charge in [-0.1, -0.05) is 50.6 Å². The fourth-order valence-corrected chi connectivity index (χ4v) is 6.09. The second kappa shape index (κ2) is 9.10. The predicted octanol–water partition coefficient (Wildman–Crippen LogP) is 6.23. The number of amides is 1. The minimum Gasteiger partial charge on any atom is -0.475 e. The Balaban J connectivity index is 0.000000384. The third-order valence-corrected chi connectivity index (χ3v) is 7.87. The first-order valence-electron chi connectivity index (χ1n) is 11.6. The largest absolute Gasteiger partial charge is 0.490 e. The molecule has 0 aliphatic heterocycles. The quantitative estimate of drug-likeness (QED) is 0.428. The minimum atomic E-state index is -5.08. The molecule has 192 valence electrons. The number of alkyl halides is 3. The summed E-state index contributed by atoms with van der Waals surface area (Å²) in [5.74, 6) is -1.76. The van der Waals surface area contributed by atoms with Gasteiger partial charge in [-0.25, -0.2) is 9.78 Å². The second-order valence-electron chi connectivity index (χ2n) is 10.4. The van der Waals surface area contributed by atoms with Crippen LogP contribution < -0.4 is 5.32 Å². The van der Waals surface area contributed by atoms with Crippen LogP contribution in [0.15, 0.2) is 48.7 Å². The average Bonchev–Trinajstić information content (AvgIpc) is 3.43. The number of benzene rings is 1. The molecule has 2 aliphatic carbocycles. The molecule has 2 aliphatic rings. The highest BCUT2D eigenvalue weighted by atomic mass is 35.5. The Morgan fingerprint density at radius 2 is 1.86 bits per heavy atom. The van der Waals surface area contributed by atoms with Gasteiger partial charge >= 0.3 is 12.1 Å². The summed E-state index contributed by atoms with van der Waals surface area (Å²) in [5.41, 5.74) is 2.86. The maximum atomic E-state index is 13.4. The maximum Gasteiger partial charge on any atom is 0.490 e. The van der Waals surface area contributed by atoms with E-state index in [0.29, 0.717) is 16.8 Å². The zero-order valence-electron chi connectivity index (χ0n) is 20.1. The number of rotatable bonds is 3. The molecular formula is C26H27ClF3N3O3. The number of carbonyl (C=O) groups excluding carboxylic acids is 1. The van der Waals surface area contributed by atoms with Crippen molar-refractivity contribution in [1.82, 2.24) is 14.7 Å². The van der Waals surface area contributed by atoms with Crippen molar-refractivity contribution in [3.05, 3.63) is 59.5 Å². The molecule has 2 heterocycles. The van der Waals surface area contributed by atoms with Gasteiger partial charge in [-0.2, -0.15) is 13.2 Å². The lowest BCUT2D eigenvalue weighted by atomic mass is 9.68. The van der Waals surface area contributed by atoms with E-state index in [4.69, 9.17) is 26.5 Å². The maximum absolute atomic E-state index is 13.4. The van der Waals surface area contributed by atoms with Gasteiger partial charge < -0.3 is 10.4 Å². The first kappa shape index (κ1) is 26.0. The number of carbonyl (C=O) groups is 2. The summed E-state index contributed by atoms with van der Waals surface area (Å²) in [6.07, 6.45) is 0.462. The molecule has 2 saturated carbocycles. The van der Waals surface area contributed by atoms with Crippen molar-refractivity contribution < 1.29 is 27.9 Å². The summed E-state index contributed by atoms with van der Waals surface area (Å²) >= 11 is 6.20. The molecule has 10 heteroatoms. The summed E-state index contributed by atoms with van der Waals surface area (Å²) in [5, 5.41) is 11.2. The number of aromatic nitrogens is 2. The van der Waals surface area contributed by atoms with Crippen molar-refractivity contribution in [2.45, 2.75) is 52.3 Å². The van der Waals surface area contributed by atoms with Crippen molar-refractivity contribution in [2.24, 2.45) is 16.7 Å². The molecule has 2 fully saturated rings. The highest BCUT2D eigenvalue weighted by molar-refractivity contribution is 6.30. The van der Waals surface area contributed by atoms with E-state index in [0.717, 1.165) is 16.8 Å². The number of aliphatic carboxylic acids is 1. The molecule has 0 radical (unpaired) electrons. The first-order valence-corrected chi connectivity index (χ1v) is 12.0. The number of nitrogens with one attached hydrogen (secondary N) is 1. The van der Waals surface area contributed by atoms with Crippen molar-refractivity contribution in [2.75, 3.05) is 0 Å². The van der Waals surface area contributed by atoms with Gasteiger partial charge in [0, 0.05) is 22.8 Å². The Hall–Kier alpha value is -3.07. The molecule has 2 N–H and O–H groups in total. The van der Waals surface area contributed by atoms with Gasteiger partial charge in [-0.3, -0.25) is 9.20 Å². The van der Waals surface area contributed by atoms with E-state index in [2.05, 4.69) is 26.1 Å². The van der Waals surface area contributed by atoms with Crippen molar-refractivity contribution in [3.63, 3.8) is 0 Å². The minimum absolute atomic E-state index is 0.103. The Bertz CT molecular complexity index is 1320. The Morgan fingerprint density at radius 3 is 2.44 bits per heavy atom. The van der Waals surface area contributed by atoms with Gasteiger partial charge in [0.1, 0.15) is 0 Å². The van der Waals surface area contributed by atoms with E-state index in [1.165, 1.54) is 19.3 Å². The first-order chi connectivity index (χ1) is 16.7. The summed E-state index contributed by atoms with van der Waals surface area (Å²) in [4.78, 5) is 27.1. The van der Waals surface area contributed by atoms with Gasteiger partial charge in [0.15, 0.2) is 0 Å². The third kappa shape index (κ3) is 4.68. The topological polar surface area (TPSA) is 83.7 Å². The number of pyridine rings is 1. The standard InChI is InChI=1S/C24H26ClN3O.C2HF3O2/c1-23(2)16-10-11-24(3,14-16)22(23)27-21(29)20-26-19(15-7-6-8-17(25)13-15)18-9-4-5-12-28(18)20;3-2(4,5)1(6)7/h4-9,12-13,16,22H,10-11,14H2,1-3H3,(H,27,29);(H,6,7)/t16-,22+,24+;/m1./s1. The smallest absolute Gasteiger partial charge is 0.475 e. The molecule has 0 unspecified atom stereocenters. The van der Waals surface area contributed by atoms with Crippen molar-refractivity contribution in [1.29, 1.82) is 0 Å². The lowest BCUT2D eigenvalue weighted by molar-refractivity contribution is -0.192. The van der Waals surface area contributed by atoms with Crippen LogP contribution in [0.3, 0.4) is 0 Å². The number of hydrogen-bond acceptors (Lipinski definition) is 3. The van der Waals surface area contributed by atoms with Crippen molar-refractivity contribution >= 4 is 29.0 Å². The summed E-state index contributed by atoms with van der Waals surface area (Å²) in [6.45, 7) is 6.93. The SMILES string of the molecule is CC1(C)[C@@H]2CC[C@@](C)(C2)[C@H]1NC(=O)c1nc(-c2cccc(Cl)c2)c2ccccn12.O=C(O)C(F)(F)F. The number of carboxylic acid groups (broad SMARTS) is 1. The molecule has 0 saturated heterocycles. The van der Waals surface area contributed by atoms with Crippen LogP contribution in [-0.2, 0) is 4.79 Å². The average molecular weight is 522 g/mol. The molecule has 36 heavy (non-hydrogen) atoms. The van der Waals surface area contributed by atoms with Crippen LogP contribution in [0.2, 0.25) is 5.02 Å².